The molecule has 0 aliphatic carbocycles. The minimum Gasteiger partial charge on any atom is -0.482 e. The highest BCUT2D eigenvalue weighted by atomic mass is 35.5. The van der Waals surface area contributed by atoms with E-state index in [9.17, 15) is 9.18 Å². The zero-order valence-electron chi connectivity index (χ0n) is 9.70. The number of hydrogen-bond acceptors (Lipinski definition) is 2. The zero-order chi connectivity index (χ0) is 13.8. The maximum Gasteiger partial charge on any atom is 0.200 e. The maximum absolute atomic E-state index is 13.5. The fourth-order valence-electron chi connectivity index (χ4n) is 1.46. The first-order valence-corrected chi connectivity index (χ1v) is 6.19. The Balaban J connectivity index is 2.04. The first-order chi connectivity index (χ1) is 9.08. The highest BCUT2D eigenvalue weighted by Gasteiger charge is 2.11. The van der Waals surface area contributed by atoms with Crippen molar-refractivity contribution in [3.05, 3.63) is 63.9 Å². The molecule has 0 amide bonds. The van der Waals surface area contributed by atoms with Crippen molar-refractivity contribution in [2.45, 2.75) is 0 Å². The van der Waals surface area contributed by atoms with Gasteiger partial charge in [-0.05, 0) is 36.4 Å². The number of hydrogen-bond donors (Lipinski definition) is 0. The number of halogens is 3. The lowest BCUT2D eigenvalue weighted by Gasteiger charge is -2.07. The van der Waals surface area contributed by atoms with Gasteiger partial charge >= 0.3 is 0 Å². The molecule has 0 spiro atoms. The lowest BCUT2D eigenvalue weighted by molar-refractivity contribution is 0.0919. The van der Waals surface area contributed by atoms with Crippen LogP contribution in [0.1, 0.15) is 10.4 Å². The van der Waals surface area contributed by atoms with Crippen LogP contribution >= 0.6 is 23.2 Å². The van der Waals surface area contributed by atoms with Crippen LogP contribution < -0.4 is 4.74 Å². The number of benzene rings is 2. The minimum absolute atomic E-state index is 0.0450. The van der Waals surface area contributed by atoms with Gasteiger partial charge in [-0.15, -0.1) is 0 Å². The van der Waals surface area contributed by atoms with Crippen LogP contribution in [0.15, 0.2) is 42.5 Å². The lowest BCUT2D eigenvalue weighted by atomic mass is 10.1. The van der Waals surface area contributed by atoms with Crippen molar-refractivity contribution < 1.29 is 13.9 Å². The van der Waals surface area contributed by atoms with Crippen LogP contribution in [0.3, 0.4) is 0 Å². The summed E-state index contributed by atoms with van der Waals surface area (Å²) in [6.07, 6.45) is 0. The summed E-state index contributed by atoms with van der Waals surface area (Å²) in [6.45, 7) is -0.265. The highest BCUT2D eigenvalue weighted by molar-refractivity contribution is 6.31. The van der Waals surface area contributed by atoms with Crippen molar-refractivity contribution in [2.24, 2.45) is 0 Å². The van der Waals surface area contributed by atoms with Crippen LogP contribution in [0.2, 0.25) is 10.0 Å². The largest absolute Gasteiger partial charge is 0.482 e. The standard InChI is InChI=1S/C14H9Cl2FO2/c15-10-6-4-9(5-7-10)12(18)8-19-13-3-1-2-11(16)14(13)17/h1-7H,8H2. The van der Waals surface area contributed by atoms with Gasteiger partial charge in [0.15, 0.2) is 24.0 Å². The monoisotopic (exact) mass is 298 g/mol. The van der Waals surface area contributed by atoms with Crippen LogP contribution in [-0.2, 0) is 0 Å². The smallest absolute Gasteiger partial charge is 0.200 e. The molecule has 2 aromatic carbocycles. The van der Waals surface area contributed by atoms with Crippen molar-refractivity contribution in [2.75, 3.05) is 6.61 Å². The van der Waals surface area contributed by atoms with E-state index >= 15 is 0 Å². The van der Waals surface area contributed by atoms with Crippen LogP contribution in [0.4, 0.5) is 4.39 Å². The summed E-state index contributed by atoms with van der Waals surface area (Å²) >= 11 is 11.3. The van der Waals surface area contributed by atoms with Crippen molar-refractivity contribution in [1.29, 1.82) is 0 Å². The van der Waals surface area contributed by atoms with Crippen LogP contribution in [-0.4, -0.2) is 12.4 Å². The molecule has 0 fully saturated rings. The van der Waals surface area contributed by atoms with Gasteiger partial charge in [0.05, 0.1) is 5.02 Å². The molecule has 0 saturated heterocycles. The summed E-state index contributed by atoms with van der Waals surface area (Å²) < 4.78 is 18.6. The molecule has 0 atom stereocenters. The van der Waals surface area contributed by atoms with E-state index in [0.29, 0.717) is 10.6 Å². The number of ketones is 1. The van der Waals surface area contributed by atoms with Gasteiger partial charge in [0.1, 0.15) is 0 Å². The number of carbonyl (C=O) groups excluding carboxylic acids is 1. The van der Waals surface area contributed by atoms with E-state index in [1.54, 1.807) is 30.3 Å². The number of rotatable bonds is 4. The van der Waals surface area contributed by atoms with Crippen molar-refractivity contribution in [1.82, 2.24) is 0 Å². The Hall–Kier alpha value is -1.58. The molecule has 0 heterocycles. The molecule has 0 N–H and O–H groups in total. The molecule has 0 aliphatic rings. The first-order valence-electron chi connectivity index (χ1n) is 5.43. The van der Waals surface area contributed by atoms with E-state index in [2.05, 4.69) is 0 Å². The SMILES string of the molecule is O=C(COc1cccc(Cl)c1F)c1ccc(Cl)cc1. The zero-order valence-corrected chi connectivity index (χ0v) is 11.2. The van der Waals surface area contributed by atoms with E-state index in [1.165, 1.54) is 12.1 Å². The Bertz CT molecular complexity index is 597. The van der Waals surface area contributed by atoms with Crippen LogP contribution in [0, 0.1) is 5.82 Å². The Kier molecular flexibility index (Phi) is 4.40. The predicted molar refractivity (Wildman–Crippen MR) is 72.7 cm³/mol. The van der Waals surface area contributed by atoms with Gasteiger partial charge < -0.3 is 4.74 Å². The molecule has 19 heavy (non-hydrogen) atoms. The van der Waals surface area contributed by atoms with E-state index in [4.69, 9.17) is 27.9 Å². The van der Waals surface area contributed by atoms with E-state index in [-0.39, 0.29) is 23.2 Å². The molecular formula is C14H9Cl2FO2. The molecule has 0 aromatic heterocycles. The minimum atomic E-state index is -0.673. The summed E-state index contributed by atoms with van der Waals surface area (Å²) in [6, 6.07) is 10.8. The molecular weight excluding hydrogens is 290 g/mol. The fourth-order valence-corrected chi connectivity index (χ4v) is 1.75. The number of ether oxygens (including phenoxy) is 1. The predicted octanol–water partition coefficient (Wildman–Crippen LogP) is 4.39. The third-order valence-corrected chi connectivity index (χ3v) is 2.99. The van der Waals surface area contributed by atoms with Gasteiger partial charge in [0.25, 0.3) is 0 Å². The molecule has 2 aromatic rings. The molecule has 5 heteroatoms. The topological polar surface area (TPSA) is 26.3 Å². The highest BCUT2D eigenvalue weighted by Crippen LogP contribution is 2.24. The van der Waals surface area contributed by atoms with E-state index < -0.39 is 5.82 Å². The van der Waals surface area contributed by atoms with Gasteiger partial charge in [-0.1, -0.05) is 29.3 Å². The van der Waals surface area contributed by atoms with Gasteiger partial charge in [-0.3, -0.25) is 4.79 Å². The first kappa shape index (κ1) is 13.8. The Morgan fingerprint density at radius 1 is 1.11 bits per heavy atom. The summed E-state index contributed by atoms with van der Waals surface area (Å²) in [5.41, 5.74) is 0.451. The third-order valence-electron chi connectivity index (χ3n) is 2.44. The summed E-state index contributed by atoms with van der Waals surface area (Å²) in [7, 11) is 0. The van der Waals surface area contributed by atoms with Crippen molar-refractivity contribution in [3.63, 3.8) is 0 Å². The molecule has 2 rings (SSSR count). The molecule has 0 bridgehead atoms. The third kappa shape index (κ3) is 3.46. The Morgan fingerprint density at radius 2 is 1.79 bits per heavy atom. The summed E-state index contributed by atoms with van der Waals surface area (Å²) in [4.78, 5) is 11.8. The number of Topliss-reactive ketones (excluding diaryl/α,β-unsaturated/α-hetero) is 1. The van der Waals surface area contributed by atoms with Crippen molar-refractivity contribution in [3.8, 4) is 5.75 Å². The molecule has 0 unspecified atom stereocenters. The molecule has 2 nitrogen and oxygen atoms in total. The van der Waals surface area contributed by atoms with Crippen LogP contribution in [0.5, 0.6) is 5.75 Å². The van der Waals surface area contributed by atoms with Crippen molar-refractivity contribution >= 4 is 29.0 Å². The van der Waals surface area contributed by atoms with Gasteiger partial charge in [-0.25, -0.2) is 4.39 Å². The molecule has 0 radical (unpaired) electrons. The van der Waals surface area contributed by atoms with E-state index in [0.717, 1.165) is 0 Å². The molecule has 98 valence electrons. The van der Waals surface area contributed by atoms with Gasteiger partial charge in [0, 0.05) is 10.6 Å². The molecule has 0 aliphatic heterocycles. The quantitative estimate of drug-likeness (QED) is 0.782. The Morgan fingerprint density at radius 3 is 2.47 bits per heavy atom. The second-order valence-electron chi connectivity index (χ2n) is 3.77. The van der Waals surface area contributed by atoms with Crippen LogP contribution in [0.25, 0.3) is 0 Å². The number of carbonyl (C=O) groups is 1. The summed E-state index contributed by atoms with van der Waals surface area (Å²) in [5.74, 6) is -0.987. The molecule has 0 saturated carbocycles. The Labute approximate surface area is 119 Å². The van der Waals surface area contributed by atoms with Gasteiger partial charge in [-0.2, -0.15) is 0 Å². The van der Waals surface area contributed by atoms with Gasteiger partial charge in [0.2, 0.25) is 0 Å². The van der Waals surface area contributed by atoms with E-state index in [1.807, 2.05) is 0 Å². The normalized spacial score (nSPS) is 10.3. The maximum atomic E-state index is 13.5. The summed E-state index contributed by atoms with van der Waals surface area (Å²) in [5, 5.41) is 0.495. The second-order valence-corrected chi connectivity index (χ2v) is 4.61. The average Bonchev–Trinajstić information content (AvgIpc) is 2.41. The average molecular weight is 299 g/mol. The fraction of sp³-hybridized carbons (Fsp3) is 0.0714. The second kappa shape index (κ2) is 6.04. The lowest BCUT2D eigenvalue weighted by Crippen LogP contribution is -2.12.